The topological polar surface area (TPSA) is 58.0 Å². The van der Waals surface area contributed by atoms with Gasteiger partial charge in [-0.2, -0.15) is 0 Å². The molecule has 0 bridgehead atoms. The summed E-state index contributed by atoms with van der Waals surface area (Å²) < 4.78 is 6.22. The minimum atomic E-state index is -0.953. The Morgan fingerprint density at radius 1 is 0.976 bits per heavy atom. The lowest BCUT2D eigenvalue weighted by Gasteiger charge is -2.46. The normalized spacial score (nSPS) is 22.3. The van der Waals surface area contributed by atoms with Crippen LogP contribution in [0, 0.1) is 0 Å². The van der Waals surface area contributed by atoms with E-state index in [-0.39, 0.29) is 11.4 Å². The fraction of sp³-hybridized carbons (Fsp3) is 0.382. The minimum Gasteiger partial charge on any atom is -0.493 e. The van der Waals surface area contributed by atoms with Crippen molar-refractivity contribution in [2.75, 3.05) is 19.7 Å². The van der Waals surface area contributed by atoms with Gasteiger partial charge in [0, 0.05) is 46.5 Å². The Morgan fingerprint density at radius 3 is 2.14 bits per heavy atom. The van der Waals surface area contributed by atoms with E-state index in [1.807, 2.05) is 77.4 Å². The van der Waals surface area contributed by atoms with Crippen LogP contribution < -0.4 is 4.74 Å². The van der Waals surface area contributed by atoms with E-state index in [1.54, 1.807) is 6.20 Å². The molecule has 0 unspecified atom stereocenters. The number of amidine groups is 1. The molecule has 0 N–H and O–H groups in total. The Labute approximate surface area is 259 Å². The van der Waals surface area contributed by atoms with E-state index in [4.69, 9.17) is 37.9 Å². The number of halogens is 2. The van der Waals surface area contributed by atoms with Gasteiger partial charge in [0.25, 0.3) is 0 Å². The molecule has 0 radical (unpaired) electrons. The van der Waals surface area contributed by atoms with Crippen LogP contribution in [0.3, 0.4) is 0 Å². The largest absolute Gasteiger partial charge is 0.493 e. The van der Waals surface area contributed by atoms with Gasteiger partial charge in [-0.25, -0.2) is 4.79 Å². The summed E-state index contributed by atoms with van der Waals surface area (Å²) in [5.41, 5.74) is 1.35. The number of pyridine rings is 1. The molecule has 3 heterocycles. The summed E-state index contributed by atoms with van der Waals surface area (Å²) in [4.78, 5) is 28.8. The van der Waals surface area contributed by atoms with Gasteiger partial charge in [0.1, 0.15) is 22.7 Å². The average Bonchev–Trinajstić information content (AvgIpc) is 3.21. The molecule has 2 amide bonds. The molecule has 0 aliphatic carbocycles. The Bertz CT molecular complexity index is 1530. The van der Waals surface area contributed by atoms with Crippen molar-refractivity contribution in [2.24, 2.45) is 4.99 Å². The van der Waals surface area contributed by atoms with Crippen LogP contribution in [0.1, 0.15) is 70.3 Å². The lowest BCUT2D eigenvalue weighted by Crippen LogP contribution is -2.58. The monoisotopic (exact) mass is 604 g/mol. The Hall–Kier alpha value is -3.35. The summed E-state index contributed by atoms with van der Waals surface area (Å²) in [6.07, 6.45) is 6.75. The molecule has 2 atom stereocenters. The van der Waals surface area contributed by atoms with Crippen LogP contribution in [0.25, 0.3) is 0 Å². The number of carbonyl (C=O) groups excluding carboxylic acids is 1. The molecule has 6 nitrogen and oxygen atoms in total. The third-order valence-electron chi connectivity index (χ3n) is 8.44. The first-order valence-electron chi connectivity index (χ1n) is 14.4. The van der Waals surface area contributed by atoms with Gasteiger partial charge in [-0.15, -0.1) is 0 Å². The molecule has 1 aromatic heterocycles. The van der Waals surface area contributed by atoms with Crippen LogP contribution in [-0.2, 0) is 16.5 Å². The average molecular weight is 606 g/mol. The van der Waals surface area contributed by atoms with Crippen molar-refractivity contribution < 1.29 is 9.53 Å². The zero-order valence-electron chi connectivity index (χ0n) is 25.1. The van der Waals surface area contributed by atoms with Crippen molar-refractivity contribution >= 4 is 35.1 Å². The van der Waals surface area contributed by atoms with Crippen molar-refractivity contribution in [3.8, 4) is 5.75 Å². The Balaban J connectivity index is 1.81. The molecular weight excluding hydrogens is 567 g/mol. The fourth-order valence-corrected chi connectivity index (χ4v) is 6.07. The molecule has 0 spiro atoms. The second-order valence-corrected chi connectivity index (χ2v) is 13.0. The lowest BCUT2D eigenvalue weighted by molar-refractivity contribution is 0.110. The maximum absolute atomic E-state index is 14.7. The number of benzene rings is 2. The number of amides is 2. The predicted octanol–water partition coefficient (Wildman–Crippen LogP) is 8.36. The maximum atomic E-state index is 14.7. The second kappa shape index (κ2) is 11.4. The Kier molecular flexibility index (Phi) is 8.16. The van der Waals surface area contributed by atoms with E-state index in [0.717, 1.165) is 23.2 Å². The molecule has 2 aromatic carbocycles. The number of nitrogens with zero attached hydrogens (tertiary/aromatic N) is 4. The third-order valence-corrected chi connectivity index (χ3v) is 8.95. The molecule has 5 rings (SSSR count). The van der Waals surface area contributed by atoms with Crippen LogP contribution in [0.2, 0.25) is 10.0 Å². The van der Waals surface area contributed by atoms with E-state index in [9.17, 15) is 4.79 Å². The number of urea groups is 1. The smallest absolute Gasteiger partial charge is 0.326 e. The number of carbonyl (C=O) groups is 1. The van der Waals surface area contributed by atoms with Crippen molar-refractivity contribution in [3.05, 3.63) is 105 Å². The van der Waals surface area contributed by atoms with Crippen LogP contribution in [-0.4, -0.2) is 46.3 Å². The molecular formula is C34H38Cl2N4O2. The molecule has 8 heteroatoms. The number of aliphatic imine (C=N–C) groups is 1. The molecule has 0 fully saturated rings. The van der Waals surface area contributed by atoms with E-state index in [2.05, 4.69) is 40.7 Å². The van der Waals surface area contributed by atoms with Crippen LogP contribution >= 0.6 is 23.2 Å². The minimum absolute atomic E-state index is 0.129. The highest BCUT2D eigenvalue weighted by atomic mass is 35.5. The summed E-state index contributed by atoms with van der Waals surface area (Å²) in [6.45, 7) is 14.1. The molecule has 42 heavy (non-hydrogen) atoms. The highest BCUT2D eigenvalue weighted by Gasteiger charge is 2.60. The van der Waals surface area contributed by atoms with Crippen molar-refractivity contribution in [1.82, 2.24) is 14.8 Å². The molecule has 0 saturated heterocycles. The van der Waals surface area contributed by atoms with Gasteiger partial charge >= 0.3 is 6.03 Å². The lowest BCUT2D eigenvalue weighted by atomic mass is 9.71. The number of rotatable bonds is 5. The molecule has 0 saturated carbocycles. The van der Waals surface area contributed by atoms with E-state index >= 15 is 0 Å². The summed E-state index contributed by atoms with van der Waals surface area (Å²) >= 11 is 12.7. The van der Waals surface area contributed by atoms with Gasteiger partial charge in [-0.1, -0.05) is 80.4 Å². The van der Waals surface area contributed by atoms with E-state index < -0.39 is 11.1 Å². The van der Waals surface area contributed by atoms with E-state index in [1.165, 1.54) is 0 Å². The van der Waals surface area contributed by atoms with E-state index in [0.29, 0.717) is 46.9 Å². The SMILES string of the molecule is CCOc1cc(C(C)(C)C)ncc1C1=N[C@@](C)(c2ccc(Cl)cc2)[C@@](C)(c2ccc(Cl)cc2)N1C(=O)N1CC=CCC1. The summed E-state index contributed by atoms with van der Waals surface area (Å²) in [7, 11) is 0. The van der Waals surface area contributed by atoms with Gasteiger partial charge in [0.2, 0.25) is 0 Å². The number of hydrogen-bond donors (Lipinski definition) is 0. The number of ether oxygens (including phenoxy) is 1. The standard InChI is InChI=1S/C34H38Cl2N4O2/c1-7-42-28-21-29(32(2,3)4)37-22-27(28)30-38-33(5,23-11-15-25(35)16-12-23)34(6,24-13-17-26(36)18-14-24)40(30)31(41)39-19-9-8-10-20-39/h8-9,11-18,21-22H,7,10,19-20H2,1-6H3/t33-,34+/m0/s1. The van der Waals surface area contributed by atoms with Crippen LogP contribution in [0.4, 0.5) is 4.79 Å². The molecule has 2 aliphatic rings. The van der Waals surface area contributed by atoms with Gasteiger partial charge in [0.05, 0.1) is 12.2 Å². The summed E-state index contributed by atoms with van der Waals surface area (Å²) in [6, 6.07) is 17.2. The first-order valence-corrected chi connectivity index (χ1v) is 15.2. The quantitative estimate of drug-likeness (QED) is 0.275. The Morgan fingerprint density at radius 2 is 1.60 bits per heavy atom. The molecule has 3 aromatic rings. The van der Waals surface area contributed by atoms with Gasteiger partial charge in [-0.3, -0.25) is 14.9 Å². The third kappa shape index (κ3) is 5.20. The van der Waals surface area contributed by atoms with Gasteiger partial charge in [0.15, 0.2) is 0 Å². The first-order chi connectivity index (χ1) is 19.9. The number of aromatic nitrogens is 1. The highest BCUT2D eigenvalue weighted by Crippen LogP contribution is 2.54. The van der Waals surface area contributed by atoms with Crippen molar-refractivity contribution in [1.29, 1.82) is 0 Å². The van der Waals surface area contributed by atoms with Gasteiger partial charge < -0.3 is 9.64 Å². The molecule has 220 valence electrons. The molecule has 2 aliphatic heterocycles. The summed E-state index contributed by atoms with van der Waals surface area (Å²) in [5.74, 6) is 1.16. The zero-order chi connectivity index (χ0) is 30.3. The zero-order valence-corrected chi connectivity index (χ0v) is 26.6. The van der Waals surface area contributed by atoms with Crippen molar-refractivity contribution in [3.63, 3.8) is 0 Å². The van der Waals surface area contributed by atoms with Crippen LogP contribution in [0.15, 0.2) is 77.9 Å². The first kappa shape index (κ1) is 30.1. The maximum Gasteiger partial charge on any atom is 0.326 e. The van der Waals surface area contributed by atoms with Crippen molar-refractivity contribution in [2.45, 2.75) is 64.5 Å². The number of hydrogen-bond acceptors (Lipinski definition) is 4. The van der Waals surface area contributed by atoms with Gasteiger partial charge in [-0.05, 0) is 62.6 Å². The predicted molar refractivity (Wildman–Crippen MR) is 171 cm³/mol. The highest BCUT2D eigenvalue weighted by molar-refractivity contribution is 6.30. The van der Waals surface area contributed by atoms with Crippen LogP contribution in [0.5, 0.6) is 5.75 Å². The fourth-order valence-electron chi connectivity index (χ4n) is 5.81. The second-order valence-electron chi connectivity index (χ2n) is 12.2. The summed E-state index contributed by atoms with van der Waals surface area (Å²) in [5, 5.41) is 1.25.